The van der Waals surface area contributed by atoms with Crippen molar-refractivity contribution in [1.82, 2.24) is 10.6 Å². The summed E-state index contributed by atoms with van der Waals surface area (Å²) in [5.41, 5.74) is 2.84. The van der Waals surface area contributed by atoms with Crippen LogP contribution < -0.4 is 10.6 Å². The first-order valence-electron chi connectivity index (χ1n) is 5.54. The molecule has 1 fully saturated rings. The van der Waals surface area contributed by atoms with Crippen LogP contribution in [0.2, 0.25) is 5.02 Å². The minimum Gasteiger partial charge on any atom is -0.361 e. The third-order valence-electron chi connectivity index (χ3n) is 3.50. The molecule has 0 spiro atoms. The smallest absolute Gasteiger partial charge is 0.166 e. The van der Waals surface area contributed by atoms with Gasteiger partial charge in [-0.1, -0.05) is 17.7 Å². The van der Waals surface area contributed by atoms with Crippen LogP contribution in [0.15, 0.2) is 18.2 Å². The van der Waals surface area contributed by atoms with Crippen molar-refractivity contribution in [2.75, 3.05) is 6.54 Å². The summed E-state index contributed by atoms with van der Waals surface area (Å²) in [7, 11) is 0. The molecule has 16 heavy (non-hydrogen) atoms. The largest absolute Gasteiger partial charge is 0.361 e. The highest BCUT2D eigenvalue weighted by atomic mass is 35.5. The number of hydrogen-bond donors (Lipinski definition) is 2. The summed E-state index contributed by atoms with van der Waals surface area (Å²) in [5, 5.41) is 8.14. The minimum absolute atomic E-state index is 0.471. The molecule has 1 heterocycles. The van der Waals surface area contributed by atoms with Crippen molar-refractivity contribution >= 4 is 28.9 Å². The van der Waals surface area contributed by atoms with Crippen molar-refractivity contribution in [1.29, 1.82) is 0 Å². The van der Waals surface area contributed by atoms with E-state index in [9.17, 15) is 0 Å². The quantitative estimate of drug-likeness (QED) is 0.747. The molecule has 0 saturated carbocycles. The lowest BCUT2D eigenvalue weighted by Gasteiger charge is -2.16. The third-order valence-corrected chi connectivity index (χ3v) is 4.00. The lowest BCUT2D eigenvalue weighted by molar-refractivity contribution is 0.432. The van der Waals surface area contributed by atoms with E-state index in [0.29, 0.717) is 12.0 Å². The average molecular weight is 253 g/mol. The van der Waals surface area contributed by atoms with Crippen LogP contribution in [-0.4, -0.2) is 17.7 Å². The van der Waals surface area contributed by atoms with Crippen LogP contribution in [0.5, 0.6) is 0 Å². The van der Waals surface area contributed by atoms with Crippen LogP contribution in [0.1, 0.15) is 11.1 Å². The van der Waals surface area contributed by atoms with Crippen LogP contribution in [0.25, 0.3) is 0 Å². The molecule has 3 rings (SSSR count). The van der Waals surface area contributed by atoms with Gasteiger partial charge in [-0.2, -0.15) is 0 Å². The number of thiocarbonyl (C=S) groups is 1. The van der Waals surface area contributed by atoms with Crippen LogP contribution in [0.3, 0.4) is 0 Å². The Bertz CT molecular complexity index is 447. The number of fused-ring (bicyclic) bond motifs is 1. The molecule has 1 aromatic rings. The number of halogens is 1. The molecule has 84 valence electrons. The Labute approximate surface area is 105 Å². The highest BCUT2D eigenvalue weighted by Crippen LogP contribution is 2.31. The predicted molar refractivity (Wildman–Crippen MR) is 69.9 cm³/mol. The fourth-order valence-corrected chi connectivity index (χ4v) is 3.09. The number of nitrogens with one attached hydrogen (secondary N) is 2. The van der Waals surface area contributed by atoms with Crippen LogP contribution >= 0.6 is 23.8 Å². The Morgan fingerprint density at radius 1 is 1.25 bits per heavy atom. The molecule has 1 aliphatic carbocycles. The second-order valence-corrected chi connectivity index (χ2v) is 5.39. The molecule has 1 saturated heterocycles. The summed E-state index contributed by atoms with van der Waals surface area (Å²) in [6.45, 7) is 0.950. The molecule has 2 unspecified atom stereocenters. The predicted octanol–water partition coefficient (Wildman–Crippen LogP) is 1.90. The zero-order valence-corrected chi connectivity index (χ0v) is 10.4. The van der Waals surface area contributed by atoms with E-state index in [1.807, 2.05) is 6.07 Å². The van der Waals surface area contributed by atoms with Gasteiger partial charge < -0.3 is 10.6 Å². The minimum atomic E-state index is 0.471. The van der Waals surface area contributed by atoms with Crippen LogP contribution in [-0.2, 0) is 12.8 Å². The van der Waals surface area contributed by atoms with Gasteiger partial charge in [0, 0.05) is 17.6 Å². The summed E-state index contributed by atoms with van der Waals surface area (Å²) in [4.78, 5) is 0. The molecule has 1 aromatic carbocycles. The average Bonchev–Trinajstić information content (AvgIpc) is 2.83. The Morgan fingerprint density at radius 3 is 2.81 bits per heavy atom. The topological polar surface area (TPSA) is 24.1 Å². The van der Waals surface area contributed by atoms with Crippen molar-refractivity contribution < 1.29 is 0 Å². The van der Waals surface area contributed by atoms with Gasteiger partial charge >= 0.3 is 0 Å². The second kappa shape index (κ2) is 3.90. The Morgan fingerprint density at radius 2 is 2.06 bits per heavy atom. The van der Waals surface area contributed by atoms with E-state index in [-0.39, 0.29) is 0 Å². The third kappa shape index (κ3) is 1.78. The van der Waals surface area contributed by atoms with Gasteiger partial charge in [-0.05, 0) is 54.2 Å². The number of benzene rings is 1. The van der Waals surface area contributed by atoms with E-state index in [2.05, 4.69) is 22.8 Å². The van der Waals surface area contributed by atoms with Gasteiger partial charge in [0.2, 0.25) is 0 Å². The molecular formula is C12H13ClN2S. The van der Waals surface area contributed by atoms with Gasteiger partial charge in [0.05, 0.1) is 0 Å². The van der Waals surface area contributed by atoms with E-state index in [0.717, 1.165) is 29.5 Å². The van der Waals surface area contributed by atoms with Gasteiger partial charge in [-0.15, -0.1) is 0 Å². The molecule has 2 nitrogen and oxygen atoms in total. The first kappa shape index (κ1) is 10.4. The summed E-state index contributed by atoms with van der Waals surface area (Å²) < 4.78 is 0. The molecule has 0 bridgehead atoms. The zero-order valence-electron chi connectivity index (χ0n) is 8.79. The number of rotatable bonds is 1. The summed E-state index contributed by atoms with van der Waals surface area (Å²) in [5.74, 6) is 0.640. The maximum Gasteiger partial charge on any atom is 0.166 e. The fourth-order valence-electron chi connectivity index (χ4n) is 2.66. The maximum absolute atomic E-state index is 6.01. The molecule has 0 aromatic heterocycles. The molecule has 1 aliphatic heterocycles. The molecule has 0 amide bonds. The van der Waals surface area contributed by atoms with Gasteiger partial charge in [0.15, 0.2) is 5.11 Å². The molecule has 2 aliphatic rings. The molecule has 0 radical (unpaired) electrons. The van der Waals surface area contributed by atoms with Gasteiger partial charge in [-0.3, -0.25) is 0 Å². The van der Waals surface area contributed by atoms with Crippen LogP contribution in [0.4, 0.5) is 0 Å². The van der Waals surface area contributed by atoms with Crippen LogP contribution in [0, 0.1) is 5.92 Å². The first-order valence-corrected chi connectivity index (χ1v) is 6.32. The SMILES string of the molecule is S=C1NCC(C2Cc3ccc(Cl)cc3C2)N1. The van der Waals surface area contributed by atoms with Crippen molar-refractivity contribution in [3.8, 4) is 0 Å². The van der Waals surface area contributed by atoms with Gasteiger partial charge in [0.25, 0.3) is 0 Å². The standard InChI is InChI=1S/C12H13ClN2S/c13-10-2-1-7-3-9(4-8(7)5-10)11-6-14-12(16)15-11/h1-2,5,9,11H,3-4,6H2,(H2,14,15,16). The first-order chi connectivity index (χ1) is 7.72. The number of hydrogen-bond acceptors (Lipinski definition) is 1. The van der Waals surface area contributed by atoms with E-state index < -0.39 is 0 Å². The summed E-state index contributed by atoms with van der Waals surface area (Å²) in [6.07, 6.45) is 2.24. The molecule has 2 N–H and O–H groups in total. The van der Waals surface area contributed by atoms with E-state index in [1.165, 1.54) is 11.1 Å². The highest BCUT2D eigenvalue weighted by molar-refractivity contribution is 7.80. The van der Waals surface area contributed by atoms with Crippen molar-refractivity contribution in [2.45, 2.75) is 18.9 Å². The van der Waals surface area contributed by atoms with E-state index in [1.54, 1.807) is 0 Å². The zero-order chi connectivity index (χ0) is 11.1. The van der Waals surface area contributed by atoms with Crippen molar-refractivity contribution in [2.24, 2.45) is 5.92 Å². The van der Waals surface area contributed by atoms with E-state index >= 15 is 0 Å². The second-order valence-electron chi connectivity index (χ2n) is 4.54. The summed E-state index contributed by atoms with van der Waals surface area (Å²) in [6, 6.07) is 6.70. The fraction of sp³-hybridized carbons (Fsp3) is 0.417. The molecular weight excluding hydrogens is 240 g/mol. The maximum atomic E-state index is 6.01. The Hall–Kier alpha value is -0.800. The van der Waals surface area contributed by atoms with Gasteiger partial charge in [-0.25, -0.2) is 0 Å². The van der Waals surface area contributed by atoms with Gasteiger partial charge in [0.1, 0.15) is 0 Å². The lowest BCUT2D eigenvalue weighted by atomic mass is 9.97. The molecule has 2 atom stereocenters. The van der Waals surface area contributed by atoms with Crippen molar-refractivity contribution in [3.05, 3.63) is 34.3 Å². The summed E-state index contributed by atoms with van der Waals surface area (Å²) >= 11 is 11.1. The highest BCUT2D eigenvalue weighted by Gasteiger charge is 2.31. The normalized spacial score (nSPS) is 27.4. The Balaban J connectivity index is 1.77. The monoisotopic (exact) mass is 252 g/mol. The lowest BCUT2D eigenvalue weighted by Crippen LogP contribution is -2.34. The van der Waals surface area contributed by atoms with E-state index in [4.69, 9.17) is 23.8 Å². The Kier molecular flexibility index (Phi) is 2.52. The molecule has 4 heteroatoms. The van der Waals surface area contributed by atoms with Crippen molar-refractivity contribution in [3.63, 3.8) is 0 Å².